The quantitative estimate of drug-likeness (QED) is 0.824. The molecule has 0 aliphatic heterocycles. The van der Waals surface area contributed by atoms with Crippen LogP contribution >= 0.6 is 0 Å². The summed E-state index contributed by atoms with van der Waals surface area (Å²) in [6.45, 7) is 6.27. The van der Waals surface area contributed by atoms with Gasteiger partial charge in [0.25, 0.3) is 0 Å². The predicted octanol–water partition coefficient (Wildman–Crippen LogP) is 4.39. The van der Waals surface area contributed by atoms with Crippen LogP contribution in [0.15, 0.2) is 28.8 Å². The third-order valence-electron chi connectivity index (χ3n) is 4.88. The number of carbonyl (C=O) groups excluding carboxylic acids is 1. The van der Waals surface area contributed by atoms with Gasteiger partial charge in [0.05, 0.1) is 7.11 Å². The van der Waals surface area contributed by atoms with Crippen molar-refractivity contribution in [3.05, 3.63) is 30.2 Å². The molecule has 2 aromatic rings. The minimum Gasteiger partial charge on any atom is -0.497 e. The smallest absolute Gasteiger partial charge is 0.318 e. The fraction of sp³-hybridized carbons (Fsp3) is 0.571. The Morgan fingerprint density at radius 1 is 1.21 bits per heavy atom. The zero-order chi connectivity index (χ0) is 20.1. The van der Waals surface area contributed by atoms with E-state index in [9.17, 15) is 4.79 Å². The molecule has 1 saturated carbocycles. The molecule has 152 valence electrons. The molecule has 2 amide bonds. The van der Waals surface area contributed by atoms with E-state index in [-0.39, 0.29) is 17.6 Å². The van der Waals surface area contributed by atoms with Crippen molar-refractivity contribution in [2.24, 2.45) is 0 Å². The summed E-state index contributed by atoms with van der Waals surface area (Å²) in [7, 11) is 1.63. The van der Waals surface area contributed by atoms with E-state index in [1.165, 1.54) is 6.42 Å². The zero-order valence-electron chi connectivity index (χ0n) is 17.2. The van der Waals surface area contributed by atoms with E-state index in [1.54, 1.807) is 7.11 Å². The minimum atomic E-state index is -0.299. The summed E-state index contributed by atoms with van der Waals surface area (Å²) >= 11 is 0. The Morgan fingerprint density at radius 2 is 1.89 bits per heavy atom. The third-order valence-corrected chi connectivity index (χ3v) is 4.88. The molecule has 0 saturated heterocycles. The molecule has 0 atom stereocenters. The molecule has 1 aromatic carbocycles. The lowest BCUT2D eigenvalue weighted by molar-refractivity contribution is 0.134. The molecule has 1 aliphatic carbocycles. The molecular formula is C21H30N4O3. The van der Waals surface area contributed by atoms with E-state index >= 15 is 0 Å². The number of nitrogens with zero attached hydrogens (tertiary/aromatic N) is 3. The summed E-state index contributed by atoms with van der Waals surface area (Å²) in [6.07, 6.45) is 5.54. The number of urea groups is 1. The van der Waals surface area contributed by atoms with Gasteiger partial charge < -0.3 is 19.5 Å². The van der Waals surface area contributed by atoms with Crippen LogP contribution in [0.4, 0.5) is 4.79 Å². The van der Waals surface area contributed by atoms with Crippen LogP contribution in [0.3, 0.4) is 0 Å². The van der Waals surface area contributed by atoms with Gasteiger partial charge in [-0.2, -0.15) is 4.98 Å². The molecule has 1 heterocycles. The van der Waals surface area contributed by atoms with Crippen molar-refractivity contribution in [3.63, 3.8) is 0 Å². The number of methoxy groups -OCH3 is 1. The zero-order valence-corrected chi connectivity index (χ0v) is 17.2. The first-order valence-corrected chi connectivity index (χ1v) is 9.91. The highest BCUT2D eigenvalue weighted by Gasteiger charge is 2.29. The SMILES string of the molecule is COc1ccc(-c2noc(CN(C(=O)NC(C)(C)C)C3CCCCC3)n2)cc1. The number of hydrogen-bond donors (Lipinski definition) is 1. The van der Waals surface area contributed by atoms with Crippen LogP contribution < -0.4 is 10.1 Å². The van der Waals surface area contributed by atoms with Crippen molar-refractivity contribution in [2.75, 3.05) is 7.11 Å². The van der Waals surface area contributed by atoms with Gasteiger partial charge in [0.15, 0.2) is 0 Å². The Kier molecular flexibility index (Phi) is 6.21. The van der Waals surface area contributed by atoms with E-state index in [0.717, 1.165) is 37.0 Å². The normalized spacial score (nSPS) is 15.3. The van der Waals surface area contributed by atoms with Crippen LogP contribution in [0.1, 0.15) is 58.8 Å². The summed E-state index contributed by atoms with van der Waals surface area (Å²) in [6, 6.07) is 7.61. The van der Waals surface area contributed by atoms with Crippen molar-refractivity contribution >= 4 is 6.03 Å². The molecule has 1 aromatic heterocycles. The fourth-order valence-electron chi connectivity index (χ4n) is 3.47. The maximum absolute atomic E-state index is 12.9. The molecule has 7 nitrogen and oxygen atoms in total. The maximum Gasteiger partial charge on any atom is 0.318 e. The fourth-order valence-corrected chi connectivity index (χ4v) is 3.47. The van der Waals surface area contributed by atoms with Crippen molar-refractivity contribution in [1.29, 1.82) is 0 Å². The topological polar surface area (TPSA) is 80.5 Å². The van der Waals surface area contributed by atoms with Gasteiger partial charge >= 0.3 is 6.03 Å². The average Bonchev–Trinajstić information content (AvgIpc) is 3.14. The number of amides is 2. The number of ether oxygens (including phenoxy) is 1. The van der Waals surface area contributed by atoms with Crippen LogP contribution in [0.5, 0.6) is 5.75 Å². The number of aromatic nitrogens is 2. The Balaban J connectivity index is 1.76. The Bertz CT molecular complexity index is 774. The summed E-state index contributed by atoms with van der Waals surface area (Å²) in [5.74, 6) is 1.73. The van der Waals surface area contributed by atoms with Crippen LogP contribution in [-0.2, 0) is 6.54 Å². The van der Waals surface area contributed by atoms with Crippen LogP contribution in [-0.4, -0.2) is 39.8 Å². The van der Waals surface area contributed by atoms with Gasteiger partial charge in [-0.25, -0.2) is 4.79 Å². The van der Waals surface area contributed by atoms with E-state index in [1.807, 2.05) is 49.9 Å². The van der Waals surface area contributed by atoms with E-state index in [2.05, 4.69) is 15.5 Å². The van der Waals surface area contributed by atoms with Crippen molar-refractivity contribution in [3.8, 4) is 17.1 Å². The largest absolute Gasteiger partial charge is 0.497 e. The summed E-state index contributed by atoms with van der Waals surface area (Å²) in [5, 5.41) is 7.16. The van der Waals surface area contributed by atoms with Gasteiger partial charge in [-0.15, -0.1) is 0 Å². The number of nitrogens with one attached hydrogen (secondary N) is 1. The van der Waals surface area contributed by atoms with Gasteiger partial charge in [0.2, 0.25) is 11.7 Å². The van der Waals surface area contributed by atoms with Gasteiger partial charge in [-0.05, 0) is 57.9 Å². The first-order valence-electron chi connectivity index (χ1n) is 9.91. The maximum atomic E-state index is 12.9. The molecule has 0 radical (unpaired) electrons. The molecule has 0 unspecified atom stereocenters. The number of benzene rings is 1. The molecule has 0 bridgehead atoms. The Morgan fingerprint density at radius 3 is 2.50 bits per heavy atom. The monoisotopic (exact) mass is 386 g/mol. The van der Waals surface area contributed by atoms with Crippen molar-refractivity contribution in [1.82, 2.24) is 20.4 Å². The molecule has 1 fully saturated rings. The highest BCUT2D eigenvalue weighted by molar-refractivity contribution is 5.75. The Labute approximate surface area is 166 Å². The van der Waals surface area contributed by atoms with Crippen molar-refractivity contribution < 1.29 is 14.1 Å². The predicted molar refractivity (Wildman–Crippen MR) is 107 cm³/mol. The molecule has 28 heavy (non-hydrogen) atoms. The second-order valence-corrected chi connectivity index (χ2v) is 8.34. The lowest BCUT2D eigenvalue weighted by Gasteiger charge is -2.35. The van der Waals surface area contributed by atoms with E-state index in [4.69, 9.17) is 9.26 Å². The van der Waals surface area contributed by atoms with Gasteiger partial charge in [-0.1, -0.05) is 24.4 Å². The summed E-state index contributed by atoms with van der Waals surface area (Å²) < 4.78 is 10.6. The number of carbonyl (C=O) groups is 1. The lowest BCUT2D eigenvalue weighted by atomic mass is 9.94. The van der Waals surface area contributed by atoms with Gasteiger partial charge in [0.1, 0.15) is 12.3 Å². The molecular weight excluding hydrogens is 356 g/mol. The van der Waals surface area contributed by atoms with Crippen LogP contribution in [0, 0.1) is 0 Å². The van der Waals surface area contributed by atoms with Gasteiger partial charge in [-0.3, -0.25) is 0 Å². The highest BCUT2D eigenvalue weighted by atomic mass is 16.5. The minimum absolute atomic E-state index is 0.0800. The first kappa shape index (κ1) is 20.2. The number of hydrogen-bond acceptors (Lipinski definition) is 5. The summed E-state index contributed by atoms with van der Waals surface area (Å²) in [4.78, 5) is 19.3. The summed E-state index contributed by atoms with van der Waals surface area (Å²) in [5.41, 5.74) is 0.548. The molecule has 7 heteroatoms. The molecule has 1 N–H and O–H groups in total. The standard InChI is InChI=1S/C21H30N4O3/c1-21(2,3)23-20(26)25(16-8-6-5-7-9-16)14-18-22-19(24-28-18)15-10-12-17(27-4)13-11-15/h10-13,16H,5-9,14H2,1-4H3,(H,23,26). The van der Waals surface area contributed by atoms with E-state index in [0.29, 0.717) is 18.3 Å². The average molecular weight is 386 g/mol. The van der Waals surface area contributed by atoms with Crippen LogP contribution in [0.25, 0.3) is 11.4 Å². The number of rotatable bonds is 5. The van der Waals surface area contributed by atoms with Crippen LogP contribution in [0.2, 0.25) is 0 Å². The highest BCUT2D eigenvalue weighted by Crippen LogP contribution is 2.25. The third kappa shape index (κ3) is 5.24. The van der Waals surface area contributed by atoms with Crippen molar-refractivity contribution in [2.45, 2.75) is 71.0 Å². The van der Waals surface area contributed by atoms with Gasteiger partial charge in [0, 0.05) is 17.1 Å². The second-order valence-electron chi connectivity index (χ2n) is 8.34. The molecule has 3 rings (SSSR count). The first-order chi connectivity index (χ1) is 13.4. The molecule has 0 spiro atoms. The second kappa shape index (κ2) is 8.63. The lowest BCUT2D eigenvalue weighted by Crippen LogP contribution is -2.52. The Hall–Kier alpha value is -2.57. The van der Waals surface area contributed by atoms with E-state index < -0.39 is 0 Å². The molecule has 1 aliphatic rings.